The Bertz CT molecular complexity index is 929. The SMILES string of the molecule is O=C(c1ccc(CC2CCN(C(=O)C3CC3)CC2)cc1)N1CCN(c2ncccn2)CC1. The van der Waals surface area contributed by atoms with Crippen LogP contribution in [0.4, 0.5) is 5.95 Å². The van der Waals surface area contributed by atoms with Gasteiger partial charge in [-0.05, 0) is 61.8 Å². The number of likely N-dealkylation sites (tertiary alicyclic amines) is 1. The first kappa shape index (κ1) is 20.9. The molecule has 7 heteroatoms. The molecule has 168 valence electrons. The van der Waals surface area contributed by atoms with Gasteiger partial charge in [0, 0.05) is 63.1 Å². The maximum atomic E-state index is 12.9. The van der Waals surface area contributed by atoms with E-state index in [0.29, 0.717) is 30.8 Å². The molecule has 1 aromatic carbocycles. The van der Waals surface area contributed by atoms with Crippen LogP contribution in [0.3, 0.4) is 0 Å². The van der Waals surface area contributed by atoms with Crippen LogP contribution < -0.4 is 4.90 Å². The molecule has 3 heterocycles. The second-order valence-electron chi connectivity index (χ2n) is 9.27. The van der Waals surface area contributed by atoms with Crippen molar-refractivity contribution in [2.45, 2.75) is 32.1 Å². The van der Waals surface area contributed by atoms with E-state index < -0.39 is 0 Å². The standard InChI is InChI=1S/C25H31N5O2/c31-23(22-6-7-22)28-12-8-20(9-13-28)18-19-2-4-21(5-3-19)24(32)29-14-16-30(17-15-29)25-26-10-1-11-27-25/h1-5,10-11,20,22H,6-9,12-18H2. The fourth-order valence-corrected chi connectivity index (χ4v) is 4.81. The van der Waals surface area contributed by atoms with E-state index in [1.54, 1.807) is 12.4 Å². The second-order valence-corrected chi connectivity index (χ2v) is 9.27. The lowest BCUT2D eigenvalue weighted by Gasteiger charge is -2.34. The first-order valence-corrected chi connectivity index (χ1v) is 11.9. The molecule has 0 N–H and O–H groups in total. The van der Waals surface area contributed by atoms with Crippen LogP contribution in [0.2, 0.25) is 0 Å². The minimum Gasteiger partial charge on any atom is -0.342 e. The number of carbonyl (C=O) groups is 2. The molecule has 0 radical (unpaired) electrons. The summed E-state index contributed by atoms with van der Waals surface area (Å²) in [6, 6.07) is 9.95. The molecule has 1 aliphatic carbocycles. The monoisotopic (exact) mass is 433 g/mol. The zero-order valence-electron chi connectivity index (χ0n) is 18.5. The summed E-state index contributed by atoms with van der Waals surface area (Å²) in [6.07, 6.45) is 8.84. The maximum absolute atomic E-state index is 12.9. The van der Waals surface area contributed by atoms with Crippen molar-refractivity contribution in [2.75, 3.05) is 44.2 Å². The Hall–Kier alpha value is -2.96. The molecular weight excluding hydrogens is 402 g/mol. The predicted octanol–water partition coefficient (Wildman–Crippen LogP) is 2.63. The molecule has 0 bridgehead atoms. The van der Waals surface area contributed by atoms with E-state index in [2.05, 4.69) is 31.9 Å². The van der Waals surface area contributed by atoms with Gasteiger partial charge < -0.3 is 14.7 Å². The number of carbonyl (C=O) groups excluding carboxylic acids is 2. The molecule has 0 spiro atoms. The molecule has 2 amide bonds. The third-order valence-corrected chi connectivity index (χ3v) is 6.98. The number of nitrogens with zero attached hydrogens (tertiary/aromatic N) is 5. The molecule has 0 unspecified atom stereocenters. The van der Waals surface area contributed by atoms with Crippen molar-refractivity contribution in [1.82, 2.24) is 19.8 Å². The number of benzene rings is 1. The van der Waals surface area contributed by atoms with Crippen LogP contribution in [0, 0.1) is 11.8 Å². The number of hydrogen-bond donors (Lipinski definition) is 0. The molecule has 5 rings (SSSR count). The van der Waals surface area contributed by atoms with Crippen LogP contribution in [0.1, 0.15) is 41.6 Å². The minimum absolute atomic E-state index is 0.0945. The highest BCUT2D eigenvalue weighted by Crippen LogP contribution is 2.33. The van der Waals surface area contributed by atoms with Gasteiger partial charge in [-0.15, -0.1) is 0 Å². The van der Waals surface area contributed by atoms with Gasteiger partial charge in [-0.3, -0.25) is 9.59 Å². The van der Waals surface area contributed by atoms with Gasteiger partial charge in [0.2, 0.25) is 11.9 Å². The van der Waals surface area contributed by atoms with Crippen molar-refractivity contribution < 1.29 is 9.59 Å². The summed E-state index contributed by atoms with van der Waals surface area (Å²) in [4.78, 5) is 39.9. The molecule has 7 nitrogen and oxygen atoms in total. The van der Waals surface area contributed by atoms with E-state index in [4.69, 9.17) is 0 Å². The first-order valence-electron chi connectivity index (χ1n) is 11.9. The number of piperazine rings is 1. The summed E-state index contributed by atoms with van der Waals surface area (Å²) < 4.78 is 0. The van der Waals surface area contributed by atoms with E-state index in [0.717, 1.165) is 69.8 Å². The first-order chi connectivity index (χ1) is 15.7. The van der Waals surface area contributed by atoms with Gasteiger partial charge in [-0.1, -0.05) is 12.1 Å². The lowest BCUT2D eigenvalue weighted by Crippen LogP contribution is -2.49. The van der Waals surface area contributed by atoms with Crippen LogP contribution in [0.5, 0.6) is 0 Å². The third-order valence-electron chi connectivity index (χ3n) is 6.98. The molecule has 0 atom stereocenters. The van der Waals surface area contributed by atoms with Crippen LogP contribution in [-0.4, -0.2) is 70.9 Å². The van der Waals surface area contributed by atoms with Crippen LogP contribution in [0.15, 0.2) is 42.7 Å². The second kappa shape index (κ2) is 9.27. The van der Waals surface area contributed by atoms with Crippen LogP contribution in [-0.2, 0) is 11.2 Å². The van der Waals surface area contributed by atoms with E-state index >= 15 is 0 Å². The quantitative estimate of drug-likeness (QED) is 0.725. The smallest absolute Gasteiger partial charge is 0.253 e. The van der Waals surface area contributed by atoms with Gasteiger partial charge in [0.25, 0.3) is 5.91 Å². The Labute approximate surface area is 189 Å². The fourth-order valence-electron chi connectivity index (χ4n) is 4.81. The van der Waals surface area contributed by atoms with E-state index in [9.17, 15) is 9.59 Å². The highest BCUT2D eigenvalue weighted by molar-refractivity contribution is 5.94. The Kier molecular flexibility index (Phi) is 6.06. The minimum atomic E-state index is 0.0945. The summed E-state index contributed by atoms with van der Waals surface area (Å²) >= 11 is 0. The third kappa shape index (κ3) is 4.76. The molecule has 2 saturated heterocycles. The van der Waals surface area contributed by atoms with Crippen molar-refractivity contribution in [3.63, 3.8) is 0 Å². The average Bonchev–Trinajstić information content (AvgIpc) is 3.71. The number of piperidine rings is 1. The van der Waals surface area contributed by atoms with Crippen molar-refractivity contribution in [2.24, 2.45) is 11.8 Å². The number of anilines is 1. The van der Waals surface area contributed by atoms with Crippen molar-refractivity contribution in [3.8, 4) is 0 Å². The predicted molar refractivity (Wildman–Crippen MR) is 122 cm³/mol. The Morgan fingerprint density at radius 3 is 2.09 bits per heavy atom. The number of aromatic nitrogens is 2. The lowest BCUT2D eigenvalue weighted by molar-refractivity contribution is -0.133. The fraction of sp³-hybridized carbons (Fsp3) is 0.520. The van der Waals surface area contributed by atoms with Crippen molar-refractivity contribution >= 4 is 17.8 Å². The summed E-state index contributed by atoms with van der Waals surface area (Å²) in [5.41, 5.74) is 2.03. The Morgan fingerprint density at radius 2 is 1.47 bits per heavy atom. The molecular formula is C25H31N5O2. The normalized spacial score (nSPS) is 19.8. The highest BCUT2D eigenvalue weighted by atomic mass is 16.2. The van der Waals surface area contributed by atoms with Gasteiger partial charge in [-0.2, -0.15) is 0 Å². The van der Waals surface area contributed by atoms with Gasteiger partial charge in [0.15, 0.2) is 0 Å². The van der Waals surface area contributed by atoms with E-state index in [1.165, 1.54) is 5.56 Å². The van der Waals surface area contributed by atoms with E-state index in [1.807, 2.05) is 23.1 Å². The van der Waals surface area contributed by atoms with Gasteiger partial charge in [0.1, 0.15) is 0 Å². The zero-order valence-corrected chi connectivity index (χ0v) is 18.5. The van der Waals surface area contributed by atoms with Crippen LogP contribution in [0.25, 0.3) is 0 Å². The average molecular weight is 434 g/mol. The molecule has 1 aromatic heterocycles. The molecule has 32 heavy (non-hydrogen) atoms. The van der Waals surface area contributed by atoms with Crippen molar-refractivity contribution in [3.05, 3.63) is 53.9 Å². The van der Waals surface area contributed by atoms with Gasteiger partial charge in [0.05, 0.1) is 0 Å². The number of hydrogen-bond acceptors (Lipinski definition) is 5. The molecule has 1 saturated carbocycles. The zero-order chi connectivity index (χ0) is 21.9. The highest BCUT2D eigenvalue weighted by Gasteiger charge is 2.34. The Balaban J connectivity index is 1.10. The summed E-state index contributed by atoms with van der Waals surface area (Å²) in [5, 5.41) is 0. The molecule has 3 aliphatic rings. The Morgan fingerprint density at radius 1 is 0.812 bits per heavy atom. The topological polar surface area (TPSA) is 69.6 Å². The summed E-state index contributed by atoms with van der Waals surface area (Å²) in [7, 11) is 0. The lowest BCUT2D eigenvalue weighted by atomic mass is 9.89. The van der Waals surface area contributed by atoms with E-state index in [-0.39, 0.29) is 5.91 Å². The number of rotatable bonds is 5. The van der Waals surface area contributed by atoms with Crippen molar-refractivity contribution in [1.29, 1.82) is 0 Å². The summed E-state index contributed by atoms with van der Waals surface area (Å²) in [6.45, 7) is 4.65. The molecule has 2 aromatic rings. The van der Waals surface area contributed by atoms with Crippen LogP contribution >= 0.6 is 0 Å². The maximum Gasteiger partial charge on any atom is 0.253 e. The van der Waals surface area contributed by atoms with Gasteiger partial charge in [-0.25, -0.2) is 9.97 Å². The summed E-state index contributed by atoms with van der Waals surface area (Å²) in [5.74, 6) is 2.14. The van der Waals surface area contributed by atoms with Gasteiger partial charge >= 0.3 is 0 Å². The number of amides is 2. The largest absolute Gasteiger partial charge is 0.342 e. The molecule has 2 aliphatic heterocycles. The molecule has 3 fully saturated rings.